The molecule has 1 heterocycles. The number of halogens is 3. The first-order valence-corrected chi connectivity index (χ1v) is 9.37. The predicted molar refractivity (Wildman–Crippen MR) is 110 cm³/mol. The van der Waals surface area contributed by atoms with E-state index in [2.05, 4.69) is 15.6 Å². The number of aromatic amines is 1. The van der Waals surface area contributed by atoms with Gasteiger partial charge in [-0.2, -0.15) is 13.2 Å². The van der Waals surface area contributed by atoms with Crippen molar-refractivity contribution in [3.05, 3.63) is 77.5 Å². The summed E-state index contributed by atoms with van der Waals surface area (Å²) in [5.74, 6) is -1.23. The van der Waals surface area contributed by atoms with Crippen molar-refractivity contribution in [1.82, 2.24) is 15.6 Å². The number of hydrogen-bond donors (Lipinski definition) is 4. The molecule has 0 aliphatic heterocycles. The van der Waals surface area contributed by atoms with Crippen LogP contribution in [0, 0.1) is 0 Å². The number of aliphatic hydroxyl groups is 1. The molecule has 31 heavy (non-hydrogen) atoms. The third-order valence-electron chi connectivity index (χ3n) is 4.60. The van der Waals surface area contributed by atoms with Gasteiger partial charge in [-0.15, -0.1) is 0 Å². The average molecular weight is 431 g/mol. The molecule has 4 N–H and O–H groups in total. The fraction of sp³-hybridized carbons (Fsp3) is 0.182. The molecule has 0 spiro atoms. The number of carbonyl (C=O) groups excluding carboxylic acids is 2. The van der Waals surface area contributed by atoms with Gasteiger partial charge in [0, 0.05) is 29.7 Å². The molecule has 2 aromatic carbocycles. The highest BCUT2D eigenvalue weighted by Gasteiger charge is 2.30. The Hall–Kier alpha value is -3.59. The van der Waals surface area contributed by atoms with Crippen molar-refractivity contribution < 1.29 is 27.9 Å². The largest absolute Gasteiger partial charge is 0.416 e. The maximum atomic E-state index is 12.6. The number of amides is 2. The van der Waals surface area contributed by atoms with Crippen LogP contribution in [0.4, 0.5) is 13.2 Å². The van der Waals surface area contributed by atoms with Crippen molar-refractivity contribution in [2.75, 3.05) is 6.61 Å². The average Bonchev–Trinajstić information content (AvgIpc) is 3.17. The first kappa shape index (κ1) is 22.1. The molecule has 0 saturated heterocycles. The van der Waals surface area contributed by atoms with E-state index in [-0.39, 0.29) is 6.54 Å². The normalized spacial score (nSPS) is 12.8. The van der Waals surface area contributed by atoms with Crippen LogP contribution in [0.2, 0.25) is 0 Å². The molecule has 3 aromatic rings. The van der Waals surface area contributed by atoms with Gasteiger partial charge in [-0.25, -0.2) is 0 Å². The number of benzene rings is 2. The van der Waals surface area contributed by atoms with E-state index in [0.29, 0.717) is 5.56 Å². The fourth-order valence-corrected chi connectivity index (χ4v) is 2.94. The van der Waals surface area contributed by atoms with E-state index in [0.717, 1.165) is 28.6 Å². The first-order valence-electron chi connectivity index (χ1n) is 9.37. The van der Waals surface area contributed by atoms with Crippen LogP contribution >= 0.6 is 0 Å². The zero-order valence-corrected chi connectivity index (χ0v) is 16.2. The highest BCUT2D eigenvalue weighted by Crippen LogP contribution is 2.29. The molecule has 2 amide bonds. The van der Waals surface area contributed by atoms with E-state index in [9.17, 15) is 27.9 Å². The number of hydrogen-bond acceptors (Lipinski definition) is 3. The second-order valence-corrected chi connectivity index (χ2v) is 6.78. The lowest BCUT2D eigenvalue weighted by atomic mass is 10.1. The molecule has 6 nitrogen and oxygen atoms in total. The Morgan fingerprint density at radius 2 is 1.81 bits per heavy atom. The molecular formula is C22H20F3N3O3. The van der Waals surface area contributed by atoms with Gasteiger partial charge >= 0.3 is 6.18 Å². The van der Waals surface area contributed by atoms with Gasteiger partial charge in [-0.3, -0.25) is 9.59 Å². The van der Waals surface area contributed by atoms with E-state index in [4.69, 9.17) is 0 Å². The number of rotatable bonds is 7. The Labute approximate surface area is 175 Å². The van der Waals surface area contributed by atoms with Gasteiger partial charge in [-0.1, -0.05) is 30.3 Å². The summed E-state index contributed by atoms with van der Waals surface area (Å²) in [6.45, 7) is -0.681. The van der Waals surface area contributed by atoms with E-state index >= 15 is 0 Å². The van der Waals surface area contributed by atoms with Gasteiger partial charge in [0.05, 0.1) is 12.2 Å². The number of fused-ring (bicyclic) bond motifs is 1. The molecule has 1 aromatic heterocycles. The molecule has 0 radical (unpaired) electrons. The summed E-state index contributed by atoms with van der Waals surface area (Å²) in [5.41, 5.74) is 1.37. The van der Waals surface area contributed by atoms with Crippen molar-refractivity contribution >= 4 is 28.8 Å². The van der Waals surface area contributed by atoms with Gasteiger partial charge in [0.1, 0.15) is 6.04 Å². The molecule has 0 unspecified atom stereocenters. The number of aliphatic hydroxyl groups excluding tert-OH is 1. The lowest BCUT2D eigenvalue weighted by Crippen LogP contribution is -2.48. The first-order chi connectivity index (χ1) is 14.8. The van der Waals surface area contributed by atoms with Crippen LogP contribution in [0.3, 0.4) is 0 Å². The molecule has 3 rings (SSSR count). The van der Waals surface area contributed by atoms with Crippen LogP contribution < -0.4 is 10.6 Å². The molecular weight excluding hydrogens is 411 g/mol. The third kappa shape index (κ3) is 5.73. The summed E-state index contributed by atoms with van der Waals surface area (Å²) in [5, 5.41) is 15.2. The number of para-hydroxylation sites is 1. The summed E-state index contributed by atoms with van der Waals surface area (Å²) in [6.07, 6.45) is 0.146. The standard InChI is InChI=1S/C22H20F3N3O3/c23-22(24,25)16-8-5-14(6-9-16)11-27-21(31)19(13-29)28-20(30)10-7-15-12-26-18-4-2-1-3-17(15)18/h1-10,12,19,26,29H,11,13H2,(H,27,31)(H,28,30)/t19-/m0/s1. The molecule has 0 aliphatic carbocycles. The second-order valence-electron chi connectivity index (χ2n) is 6.78. The molecule has 0 aliphatic rings. The van der Waals surface area contributed by atoms with Gasteiger partial charge in [0.25, 0.3) is 0 Å². The molecule has 9 heteroatoms. The lowest BCUT2D eigenvalue weighted by Gasteiger charge is -2.15. The summed E-state index contributed by atoms with van der Waals surface area (Å²) in [6, 6.07) is 10.7. The molecule has 0 bridgehead atoms. The Morgan fingerprint density at radius 1 is 1.10 bits per heavy atom. The van der Waals surface area contributed by atoms with Crippen LogP contribution in [0.5, 0.6) is 0 Å². The van der Waals surface area contributed by atoms with Gasteiger partial charge < -0.3 is 20.7 Å². The maximum absolute atomic E-state index is 12.6. The zero-order valence-electron chi connectivity index (χ0n) is 16.2. The number of nitrogens with one attached hydrogen (secondary N) is 3. The van der Waals surface area contributed by atoms with Crippen molar-refractivity contribution in [1.29, 1.82) is 0 Å². The Bertz CT molecular complexity index is 1090. The van der Waals surface area contributed by atoms with Crippen LogP contribution in [-0.4, -0.2) is 34.6 Å². The number of carbonyl (C=O) groups is 2. The molecule has 0 saturated carbocycles. The smallest absolute Gasteiger partial charge is 0.394 e. The number of aromatic nitrogens is 1. The maximum Gasteiger partial charge on any atom is 0.416 e. The van der Waals surface area contributed by atoms with Gasteiger partial charge in [-0.05, 0) is 35.4 Å². The van der Waals surface area contributed by atoms with Crippen LogP contribution in [0.15, 0.2) is 60.8 Å². The summed E-state index contributed by atoms with van der Waals surface area (Å²) in [4.78, 5) is 27.4. The Kier molecular flexibility index (Phi) is 6.76. The minimum Gasteiger partial charge on any atom is -0.394 e. The van der Waals surface area contributed by atoms with E-state index in [1.54, 1.807) is 12.3 Å². The third-order valence-corrected chi connectivity index (χ3v) is 4.60. The summed E-state index contributed by atoms with van der Waals surface area (Å²) >= 11 is 0. The zero-order chi connectivity index (χ0) is 22.4. The molecule has 0 fully saturated rings. The number of H-pyrrole nitrogens is 1. The Balaban J connectivity index is 1.55. The summed E-state index contributed by atoms with van der Waals surface area (Å²) in [7, 11) is 0. The topological polar surface area (TPSA) is 94.2 Å². The van der Waals surface area contributed by atoms with Crippen LogP contribution in [-0.2, 0) is 22.3 Å². The predicted octanol–water partition coefficient (Wildman–Crippen LogP) is 2.99. The van der Waals surface area contributed by atoms with Gasteiger partial charge in [0.15, 0.2) is 0 Å². The monoisotopic (exact) mass is 431 g/mol. The van der Waals surface area contributed by atoms with E-state index in [1.165, 1.54) is 18.2 Å². The van der Waals surface area contributed by atoms with Crippen molar-refractivity contribution in [3.8, 4) is 0 Å². The van der Waals surface area contributed by atoms with Gasteiger partial charge in [0.2, 0.25) is 11.8 Å². The van der Waals surface area contributed by atoms with E-state index < -0.39 is 36.2 Å². The molecule has 162 valence electrons. The van der Waals surface area contributed by atoms with Crippen LogP contribution in [0.25, 0.3) is 17.0 Å². The van der Waals surface area contributed by atoms with Crippen LogP contribution in [0.1, 0.15) is 16.7 Å². The summed E-state index contributed by atoms with van der Waals surface area (Å²) < 4.78 is 37.8. The van der Waals surface area contributed by atoms with E-state index in [1.807, 2.05) is 24.3 Å². The SMILES string of the molecule is O=C(C=Cc1c[nH]c2ccccc12)N[C@@H](CO)C(=O)NCc1ccc(C(F)(F)F)cc1. The Morgan fingerprint density at radius 3 is 2.48 bits per heavy atom. The minimum absolute atomic E-state index is 0.0471. The quantitative estimate of drug-likeness (QED) is 0.433. The van der Waals surface area contributed by atoms with Crippen molar-refractivity contribution in [3.63, 3.8) is 0 Å². The van der Waals surface area contributed by atoms with Crippen molar-refractivity contribution in [2.45, 2.75) is 18.8 Å². The lowest BCUT2D eigenvalue weighted by molar-refractivity contribution is -0.137. The van der Waals surface area contributed by atoms with Crippen molar-refractivity contribution in [2.24, 2.45) is 0 Å². The second kappa shape index (κ2) is 9.48. The highest BCUT2D eigenvalue weighted by molar-refractivity contribution is 5.98. The highest BCUT2D eigenvalue weighted by atomic mass is 19.4. The minimum atomic E-state index is -4.44. The fourth-order valence-electron chi connectivity index (χ4n) is 2.94. The number of alkyl halides is 3. The molecule has 1 atom stereocenters.